The molecule has 1 atom stereocenters. The van der Waals surface area contributed by atoms with E-state index in [0.29, 0.717) is 12.1 Å². The van der Waals surface area contributed by atoms with Crippen LogP contribution in [0.3, 0.4) is 0 Å². The van der Waals surface area contributed by atoms with E-state index in [1.165, 1.54) is 30.7 Å². The molecule has 6 nitrogen and oxygen atoms in total. The van der Waals surface area contributed by atoms with Crippen LogP contribution < -0.4 is 5.32 Å². The van der Waals surface area contributed by atoms with Gasteiger partial charge in [0.1, 0.15) is 17.9 Å². The number of urea groups is 1. The van der Waals surface area contributed by atoms with Crippen LogP contribution in [0, 0.1) is 5.82 Å². The van der Waals surface area contributed by atoms with Gasteiger partial charge in [0.05, 0.1) is 0 Å². The van der Waals surface area contributed by atoms with Crippen molar-refractivity contribution in [2.45, 2.75) is 57.5 Å². The van der Waals surface area contributed by atoms with E-state index >= 15 is 0 Å². The van der Waals surface area contributed by atoms with Crippen LogP contribution in [0.2, 0.25) is 0 Å². The summed E-state index contributed by atoms with van der Waals surface area (Å²) >= 11 is 0. The molecular weight excluding hydrogens is 349 g/mol. The first-order chi connectivity index (χ1) is 12.9. The number of benzene rings is 1. The van der Waals surface area contributed by atoms with Gasteiger partial charge in [0, 0.05) is 12.6 Å². The Balaban J connectivity index is 1.74. The van der Waals surface area contributed by atoms with E-state index in [1.807, 2.05) is 6.92 Å². The molecule has 2 fully saturated rings. The minimum atomic E-state index is -1.30. The van der Waals surface area contributed by atoms with E-state index in [2.05, 4.69) is 5.32 Å². The number of amides is 4. The van der Waals surface area contributed by atoms with E-state index in [4.69, 9.17) is 0 Å². The molecular formula is C20H26FN3O3. The second-order valence-electron chi connectivity index (χ2n) is 7.42. The van der Waals surface area contributed by atoms with Crippen molar-refractivity contribution >= 4 is 17.8 Å². The fourth-order valence-corrected chi connectivity index (χ4v) is 4.08. The van der Waals surface area contributed by atoms with Crippen molar-refractivity contribution in [2.24, 2.45) is 0 Å². The molecule has 0 bridgehead atoms. The molecule has 0 radical (unpaired) electrons. The zero-order valence-corrected chi connectivity index (χ0v) is 15.8. The third-order valence-electron chi connectivity index (χ3n) is 5.67. The van der Waals surface area contributed by atoms with Gasteiger partial charge in [0.25, 0.3) is 5.91 Å². The highest BCUT2D eigenvalue weighted by atomic mass is 19.1. The van der Waals surface area contributed by atoms with Crippen molar-refractivity contribution in [3.8, 4) is 0 Å². The minimum absolute atomic E-state index is 0.181. The lowest BCUT2D eigenvalue weighted by atomic mass is 9.92. The zero-order valence-electron chi connectivity index (χ0n) is 15.8. The molecule has 2 aliphatic rings. The van der Waals surface area contributed by atoms with Crippen molar-refractivity contribution in [3.63, 3.8) is 0 Å². The van der Waals surface area contributed by atoms with Crippen LogP contribution >= 0.6 is 0 Å². The minimum Gasteiger partial charge on any atom is -0.338 e. The summed E-state index contributed by atoms with van der Waals surface area (Å²) < 4.78 is 13.2. The van der Waals surface area contributed by atoms with Gasteiger partial charge in [-0.25, -0.2) is 9.18 Å². The molecule has 1 saturated carbocycles. The van der Waals surface area contributed by atoms with Gasteiger partial charge < -0.3 is 10.2 Å². The van der Waals surface area contributed by atoms with E-state index in [1.54, 1.807) is 11.8 Å². The molecule has 1 aliphatic heterocycles. The summed E-state index contributed by atoms with van der Waals surface area (Å²) in [6.45, 7) is 3.78. The Morgan fingerprint density at radius 2 is 1.85 bits per heavy atom. The standard InChI is InChI=1S/C20H26FN3O3/c1-3-23(16-7-5-4-6-8-16)17(25)13-24-18(26)20(2,22-19(24)27)14-9-11-15(21)12-10-14/h9-12,16H,3-8,13H2,1-2H3,(H,22,27). The highest BCUT2D eigenvalue weighted by Gasteiger charge is 2.49. The number of carbonyl (C=O) groups is 3. The fourth-order valence-electron chi connectivity index (χ4n) is 4.08. The average Bonchev–Trinajstić information content (AvgIpc) is 2.88. The van der Waals surface area contributed by atoms with Gasteiger partial charge in [-0.3, -0.25) is 14.5 Å². The largest absolute Gasteiger partial charge is 0.338 e. The number of imide groups is 1. The van der Waals surface area contributed by atoms with Crippen LogP contribution in [0.15, 0.2) is 24.3 Å². The lowest BCUT2D eigenvalue weighted by Gasteiger charge is -2.34. The van der Waals surface area contributed by atoms with Crippen molar-refractivity contribution in [3.05, 3.63) is 35.6 Å². The van der Waals surface area contributed by atoms with Crippen molar-refractivity contribution in [2.75, 3.05) is 13.1 Å². The Labute approximate surface area is 158 Å². The molecule has 1 aromatic rings. The van der Waals surface area contributed by atoms with Crippen LogP contribution in [0.4, 0.5) is 9.18 Å². The van der Waals surface area contributed by atoms with Gasteiger partial charge in [-0.15, -0.1) is 0 Å². The summed E-state index contributed by atoms with van der Waals surface area (Å²) in [6, 6.07) is 5.02. The monoisotopic (exact) mass is 375 g/mol. The fraction of sp³-hybridized carbons (Fsp3) is 0.550. The van der Waals surface area contributed by atoms with E-state index < -0.39 is 23.3 Å². The lowest BCUT2D eigenvalue weighted by molar-refractivity contribution is -0.140. The third-order valence-corrected chi connectivity index (χ3v) is 5.67. The quantitative estimate of drug-likeness (QED) is 0.805. The second-order valence-corrected chi connectivity index (χ2v) is 7.42. The molecule has 1 saturated heterocycles. The van der Waals surface area contributed by atoms with Gasteiger partial charge in [-0.2, -0.15) is 0 Å². The summed E-state index contributed by atoms with van der Waals surface area (Å²) in [5.41, 5.74) is -0.815. The van der Waals surface area contributed by atoms with Crippen molar-refractivity contribution in [1.29, 1.82) is 0 Å². The number of hydrogen-bond donors (Lipinski definition) is 1. The molecule has 146 valence electrons. The second kappa shape index (κ2) is 7.66. The Morgan fingerprint density at radius 3 is 2.44 bits per heavy atom. The average molecular weight is 375 g/mol. The number of hydrogen-bond acceptors (Lipinski definition) is 3. The highest BCUT2D eigenvalue weighted by Crippen LogP contribution is 2.29. The number of nitrogens with one attached hydrogen (secondary N) is 1. The summed E-state index contributed by atoms with van der Waals surface area (Å²) in [4.78, 5) is 40.9. The van der Waals surface area contributed by atoms with Crippen LogP contribution in [-0.4, -0.2) is 46.8 Å². The molecule has 1 heterocycles. The Hall–Kier alpha value is -2.44. The predicted octanol–water partition coefficient (Wildman–Crippen LogP) is 2.77. The summed E-state index contributed by atoms with van der Waals surface area (Å²) in [5, 5.41) is 2.65. The lowest BCUT2D eigenvalue weighted by Crippen LogP contribution is -2.48. The Bertz CT molecular complexity index is 730. The van der Waals surface area contributed by atoms with Crippen LogP contribution in [0.25, 0.3) is 0 Å². The molecule has 0 aromatic heterocycles. The molecule has 0 spiro atoms. The SMILES string of the molecule is CCN(C(=O)CN1C(=O)NC(C)(c2ccc(F)cc2)C1=O)C1CCCCC1. The molecule has 7 heteroatoms. The Kier molecular flexibility index (Phi) is 5.48. The molecule has 1 aliphatic carbocycles. The summed E-state index contributed by atoms with van der Waals surface area (Å²) in [7, 11) is 0. The van der Waals surface area contributed by atoms with Crippen LogP contribution in [0.5, 0.6) is 0 Å². The normalized spacial score (nSPS) is 23.4. The maximum Gasteiger partial charge on any atom is 0.325 e. The molecule has 27 heavy (non-hydrogen) atoms. The first-order valence-corrected chi connectivity index (χ1v) is 9.56. The maximum atomic E-state index is 13.2. The third kappa shape index (κ3) is 3.68. The van der Waals surface area contributed by atoms with Crippen LogP contribution in [0.1, 0.15) is 51.5 Å². The van der Waals surface area contributed by atoms with Crippen molar-refractivity contribution in [1.82, 2.24) is 15.1 Å². The molecule has 1 unspecified atom stereocenters. The number of nitrogens with zero attached hydrogens (tertiary/aromatic N) is 2. The van der Waals surface area contributed by atoms with E-state index in [-0.39, 0.29) is 18.5 Å². The van der Waals surface area contributed by atoms with Gasteiger partial charge in [-0.05, 0) is 44.4 Å². The van der Waals surface area contributed by atoms with E-state index in [9.17, 15) is 18.8 Å². The van der Waals surface area contributed by atoms with Crippen LogP contribution in [-0.2, 0) is 15.1 Å². The van der Waals surface area contributed by atoms with Gasteiger partial charge in [-0.1, -0.05) is 31.4 Å². The van der Waals surface area contributed by atoms with Gasteiger partial charge in [0.2, 0.25) is 5.91 Å². The van der Waals surface area contributed by atoms with Crippen molar-refractivity contribution < 1.29 is 18.8 Å². The maximum absolute atomic E-state index is 13.2. The predicted molar refractivity (Wildman–Crippen MR) is 98.3 cm³/mol. The number of halogens is 1. The summed E-state index contributed by atoms with van der Waals surface area (Å²) in [5.74, 6) is -1.12. The molecule has 3 rings (SSSR count). The number of carbonyl (C=O) groups excluding carboxylic acids is 3. The first kappa shape index (κ1) is 19.3. The molecule has 4 amide bonds. The highest BCUT2D eigenvalue weighted by molar-refractivity contribution is 6.09. The van der Waals surface area contributed by atoms with E-state index in [0.717, 1.165) is 30.6 Å². The summed E-state index contributed by atoms with van der Waals surface area (Å²) in [6.07, 6.45) is 5.31. The molecule has 1 N–H and O–H groups in total. The number of rotatable bonds is 5. The smallest absolute Gasteiger partial charge is 0.325 e. The topological polar surface area (TPSA) is 69.7 Å². The molecule has 1 aromatic carbocycles. The zero-order chi connectivity index (χ0) is 19.6. The first-order valence-electron chi connectivity index (χ1n) is 9.56. The van der Waals surface area contributed by atoms with Gasteiger partial charge in [0.15, 0.2) is 0 Å². The van der Waals surface area contributed by atoms with Gasteiger partial charge >= 0.3 is 6.03 Å². The number of likely N-dealkylation sites (N-methyl/N-ethyl adjacent to an activating group) is 1. The Morgan fingerprint density at radius 1 is 1.22 bits per heavy atom.